The molecule has 0 aromatic heterocycles. The molecular formula is C13H20FNO2S. The molecule has 102 valence electrons. The van der Waals surface area contributed by atoms with Crippen molar-refractivity contribution in [2.24, 2.45) is 5.92 Å². The summed E-state index contributed by atoms with van der Waals surface area (Å²) in [6, 6.07) is 4.24. The van der Waals surface area contributed by atoms with Gasteiger partial charge in [0.25, 0.3) is 0 Å². The van der Waals surface area contributed by atoms with Gasteiger partial charge in [0.2, 0.25) is 0 Å². The van der Waals surface area contributed by atoms with E-state index in [1.807, 2.05) is 0 Å². The second kappa shape index (κ2) is 7.48. The van der Waals surface area contributed by atoms with Crippen LogP contribution in [0.15, 0.2) is 23.1 Å². The molecule has 0 aliphatic rings. The van der Waals surface area contributed by atoms with Gasteiger partial charge in [0.05, 0.1) is 28.8 Å². The van der Waals surface area contributed by atoms with Gasteiger partial charge >= 0.3 is 0 Å². The van der Waals surface area contributed by atoms with Gasteiger partial charge in [-0.2, -0.15) is 0 Å². The number of halogens is 1. The van der Waals surface area contributed by atoms with E-state index in [4.69, 9.17) is 10.5 Å². The number of hydrogen-bond donors (Lipinski definition) is 1. The van der Waals surface area contributed by atoms with Crippen LogP contribution in [0, 0.1) is 11.7 Å². The molecule has 0 bridgehead atoms. The Balaban J connectivity index is 2.34. The van der Waals surface area contributed by atoms with Crippen molar-refractivity contribution in [3.05, 3.63) is 24.0 Å². The number of hydrogen-bond acceptors (Lipinski definition) is 3. The molecule has 3 nitrogen and oxygen atoms in total. The third-order valence-corrected chi connectivity index (χ3v) is 3.80. The lowest BCUT2D eigenvalue weighted by molar-refractivity contribution is 0.138. The van der Waals surface area contributed by atoms with Crippen LogP contribution in [-0.2, 0) is 15.5 Å². The lowest BCUT2D eigenvalue weighted by Crippen LogP contribution is -2.08. The van der Waals surface area contributed by atoms with Gasteiger partial charge in [-0.1, -0.05) is 13.8 Å². The molecule has 1 atom stereocenters. The first-order valence-electron chi connectivity index (χ1n) is 6.02. The van der Waals surface area contributed by atoms with E-state index in [2.05, 4.69) is 13.8 Å². The normalized spacial score (nSPS) is 12.9. The van der Waals surface area contributed by atoms with E-state index in [1.54, 1.807) is 6.07 Å². The molecule has 18 heavy (non-hydrogen) atoms. The molecule has 1 unspecified atom stereocenters. The fraction of sp³-hybridized carbons (Fsp3) is 0.538. The van der Waals surface area contributed by atoms with Crippen LogP contribution in [0.1, 0.15) is 20.3 Å². The number of anilines is 1. The van der Waals surface area contributed by atoms with Crippen molar-refractivity contribution in [1.82, 2.24) is 0 Å². The van der Waals surface area contributed by atoms with Crippen molar-refractivity contribution in [2.75, 3.05) is 24.7 Å². The molecule has 0 amide bonds. The van der Waals surface area contributed by atoms with Gasteiger partial charge < -0.3 is 10.5 Å². The Bertz CT molecular complexity index is 410. The molecule has 0 aliphatic heterocycles. The van der Waals surface area contributed by atoms with Gasteiger partial charge in [-0.05, 0) is 30.5 Å². The van der Waals surface area contributed by atoms with Crippen molar-refractivity contribution in [2.45, 2.75) is 25.2 Å². The molecule has 0 spiro atoms. The van der Waals surface area contributed by atoms with Gasteiger partial charge in [0.15, 0.2) is 0 Å². The zero-order chi connectivity index (χ0) is 13.5. The highest BCUT2D eigenvalue weighted by atomic mass is 32.2. The van der Waals surface area contributed by atoms with Crippen molar-refractivity contribution >= 4 is 16.5 Å². The van der Waals surface area contributed by atoms with Gasteiger partial charge in [0.1, 0.15) is 5.82 Å². The van der Waals surface area contributed by atoms with Gasteiger partial charge in [-0.25, -0.2) is 4.39 Å². The van der Waals surface area contributed by atoms with E-state index in [0.717, 1.165) is 6.42 Å². The first kappa shape index (κ1) is 15.1. The summed E-state index contributed by atoms with van der Waals surface area (Å²) in [6.45, 7) is 5.34. The summed E-state index contributed by atoms with van der Waals surface area (Å²) >= 11 is 0. The van der Waals surface area contributed by atoms with E-state index in [1.165, 1.54) is 12.1 Å². The fourth-order valence-corrected chi connectivity index (χ4v) is 2.28. The quantitative estimate of drug-likeness (QED) is 0.613. The molecule has 0 heterocycles. The zero-order valence-electron chi connectivity index (χ0n) is 10.8. The largest absolute Gasteiger partial charge is 0.396 e. The SMILES string of the molecule is CC(C)CCOCCS(=O)c1ccc(N)c(F)c1. The molecule has 5 heteroatoms. The van der Waals surface area contributed by atoms with Crippen LogP contribution < -0.4 is 5.73 Å². The molecule has 0 aliphatic carbocycles. The summed E-state index contributed by atoms with van der Waals surface area (Å²) < 4.78 is 30.4. The first-order valence-corrected chi connectivity index (χ1v) is 7.33. The van der Waals surface area contributed by atoms with E-state index in [9.17, 15) is 8.60 Å². The van der Waals surface area contributed by atoms with Crippen molar-refractivity contribution in [3.8, 4) is 0 Å². The molecule has 0 radical (unpaired) electrons. The Morgan fingerprint density at radius 2 is 2.11 bits per heavy atom. The minimum Gasteiger partial charge on any atom is -0.396 e. The third-order valence-electron chi connectivity index (χ3n) is 2.49. The Kier molecular flexibility index (Phi) is 6.29. The zero-order valence-corrected chi connectivity index (χ0v) is 11.6. The van der Waals surface area contributed by atoms with E-state index in [0.29, 0.717) is 29.8 Å². The Morgan fingerprint density at radius 1 is 1.39 bits per heavy atom. The van der Waals surface area contributed by atoms with Crippen LogP contribution in [-0.4, -0.2) is 23.2 Å². The lowest BCUT2D eigenvalue weighted by atomic mass is 10.1. The fourth-order valence-electron chi connectivity index (χ4n) is 1.32. The molecule has 1 rings (SSSR count). The van der Waals surface area contributed by atoms with Crippen LogP contribution >= 0.6 is 0 Å². The summed E-state index contributed by atoms with van der Waals surface area (Å²) in [5.74, 6) is 0.449. The number of rotatable bonds is 7. The Labute approximate surface area is 110 Å². The highest BCUT2D eigenvalue weighted by molar-refractivity contribution is 7.85. The molecule has 1 aromatic rings. The van der Waals surface area contributed by atoms with Crippen LogP contribution in [0.4, 0.5) is 10.1 Å². The van der Waals surface area contributed by atoms with Gasteiger partial charge in [-0.15, -0.1) is 0 Å². The summed E-state index contributed by atoms with van der Waals surface area (Å²) in [4.78, 5) is 0.453. The number of nitrogen functional groups attached to an aromatic ring is 1. The highest BCUT2D eigenvalue weighted by Gasteiger charge is 2.07. The van der Waals surface area contributed by atoms with Crippen LogP contribution in [0.5, 0.6) is 0 Å². The minimum absolute atomic E-state index is 0.0731. The maximum atomic E-state index is 13.2. The van der Waals surface area contributed by atoms with Gasteiger partial charge in [-0.3, -0.25) is 4.21 Å². The van der Waals surface area contributed by atoms with Crippen molar-refractivity contribution < 1.29 is 13.3 Å². The molecule has 0 fully saturated rings. The first-order chi connectivity index (χ1) is 8.50. The predicted octanol–water partition coefficient (Wildman–Crippen LogP) is 2.58. The Morgan fingerprint density at radius 3 is 2.72 bits per heavy atom. The third kappa shape index (κ3) is 5.14. The predicted molar refractivity (Wildman–Crippen MR) is 72.4 cm³/mol. The van der Waals surface area contributed by atoms with Crippen LogP contribution in [0.3, 0.4) is 0 Å². The molecule has 0 saturated carbocycles. The molecule has 1 aromatic carbocycles. The number of nitrogens with two attached hydrogens (primary N) is 1. The maximum Gasteiger partial charge on any atom is 0.147 e. The molecule has 2 N–H and O–H groups in total. The average molecular weight is 273 g/mol. The molecule has 0 saturated heterocycles. The lowest BCUT2D eigenvalue weighted by Gasteiger charge is -2.07. The van der Waals surface area contributed by atoms with Crippen molar-refractivity contribution in [1.29, 1.82) is 0 Å². The Hall–Kier alpha value is -0.940. The van der Waals surface area contributed by atoms with E-state index < -0.39 is 16.6 Å². The molecular weight excluding hydrogens is 253 g/mol. The van der Waals surface area contributed by atoms with Crippen LogP contribution in [0.2, 0.25) is 0 Å². The smallest absolute Gasteiger partial charge is 0.147 e. The van der Waals surface area contributed by atoms with Crippen molar-refractivity contribution in [3.63, 3.8) is 0 Å². The van der Waals surface area contributed by atoms with Crippen LogP contribution in [0.25, 0.3) is 0 Å². The summed E-state index contributed by atoms with van der Waals surface area (Å²) in [6.07, 6.45) is 0.989. The summed E-state index contributed by atoms with van der Waals surface area (Å²) in [7, 11) is -1.24. The average Bonchev–Trinajstić information content (AvgIpc) is 2.31. The topological polar surface area (TPSA) is 52.3 Å². The second-order valence-corrected chi connectivity index (χ2v) is 6.10. The maximum absolute atomic E-state index is 13.2. The van der Waals surface area contributed by atoms with Gasteiger partial charge in [0, 0.05) is 11.5 Å². The number of ether oxygens (including phenoxy) is 1. The summed E-state index contributed by atoms with van der Waals surface area (Å²) in [5, 5.41) is 0. The standard InChI is InChI=1S/C13H20FNO2S/c1-10(2)5-6-17-7-8-18(16)11-3-4-13(15)12(14)9-11/h3-4,9-10H,5-8,15H2,1-2H3. The van der Waals surface area contributed by atoms with E-state index in [-0.39, 0.29) is 5.69 Å². The highest BCUT2D eigenvalue weighted by Crippen LogP contribution is 2.15. The summed E-state index contributed by atoms with van der Waals surface area (Å²) in [5.41, 5.74) is 5.43. The monoisotopic (exact) mass is 273 g/mol. The second-order valence-electron chi connectivity index (χ2n) is 4.53. The minimum atomic E-state index is -1.24. The number of benzene rings is 1. The van der Waals surface area contributed by atoms with E-state index >= 15 is 0 Å².